The minimum atomic E-state index is -3.19. The molecular weight excluding hydrogens is 280 g/mol. The quantitative estimate of drug-likeness (QED) is 0.805. The zero-order valence-electron chi connectivity index (χ0n) is 11.6. The molecule has 7 heteroatoms. The molecule has 3 rings (SSSR count). The number of nitrogens with zero attached hydrogens (tertiary/aromatic N) is 2. The molecule has 6 nitrogen and oxygen atoms in total. The molecule has 110 valence electrons. The fourth-order valence-electron chi connectivity index (χ4n) is 3.21. The van der Waals surface area contributed by atoms with Crippen molar-refractivity contribution < 1.29 is 17.6 Å². The van der Waals surface area contributed by atoms with Gasteiger partial charge in [0.25, 0.3) is 5.91 Å². The number of rotatable bonds is 2. The van der Waals surface area contributed by atoms with Crippen molar-refractivity contribution in [1.82, 2.24) is 9.21 Å². The Labute approximate surface area is 118 Å². The van der Waals surface area contributed by atoms with Crippen molar-refractivity contribution in [1.29, 1.82) is 0 Å². The largest absolute Gasteiger partial charge is 0.456 e. The summed E-state index contributed by atoms with van der Waals surface area (Å²) in [7, 11) is -3.19. The highest BCUT2D eigenvalue weighted by Crippen LogP contribution is 2.33. The van der Waals surface area contributed by atoms with Crippen LogP contribution >= 0.6 is 0 Å². The Balaban J connectivity index is 1.76. The molecule has 0 bridgehead atoms. The van der Waals surface area contributed by atoms with E-state index in [1.165, 1.54) is 10.6 Å². The number of hydrogen-bond donors (Lipinski definition) is 0. The number of carbonyl (C=O) groups excluding carboxylic acids is 1. The second-order valence-corrected chi connectivity index (χ2v) is 7.55. The fourth-order valence-corrected chi connectivity index (χ4v) is 4.37. The summed E-state index contributed by atoms with van der Waals surface area (Å²) >= 11 is 0. The normalized spacial score (nSPS) is 27.0. The molecule has 0 unspecified atom stereocenters. The van der Waals surface area contributed by atoms with E-state index >= 15 is 0 Å². The van der Waals surface area contributed by atoms with Crippen LogP contribution in [0, 0.1) is 12.8 Å². The second-order valence-electron chi connectivity index (χ2n) is 5.61. The zero-order chi connectivity index (χ0) is 14.5. The average Bonchev–Trinajstić information content (AvgIpc) is 2.99. The Hall–Kier alpha value is -1.34. The maximum atomic E-state index is 12.3. The lowest BCUT2D eigenvalue weighted by Crippen LogP contribution is -2.40. The first-order valence-corrected chi connectivity index (χ1v) is 8.53. The van der Waals surface area contributed by atoms with E-state index < -0.39 is 10.0 Å². The van der Waals surface area contributed by atoms with Crippen molar-refractivity contribution in [2.45, 2.75) is 19.4 Å². The summed E-state index contributed by atoms with van der Waals surface area (Å²) < 4.78 is 30.3. The van der Waals surface area contributed by atoms with Crippen LogP contribution in [0.25, 0.3) is 0 Å². The number of furan rings is 1. The van der Waals surface area contributed by atoms with Gasteiger partial charge in [-0.05, 0) is 31.4 Å². The van der Waals surface area contributed by atoms with Gasteiger partial charge in [-0.3, -0.25) is 4.79 Å². The number of aryl methyl sites for hydroxylation is 1. The molecule has 20 heavy (non-hydrogen) atoms. The minimum Gasteiger partial charge on any atom is -0.456 e. The number of fused-ring (bicyclic) bond motifs is 1. The van der Waals surface area contributed by atoms with Crippen molar-refractivity contribution >= 4 is 15.9 Å². The SMILES string of the molecule is Cc1ccc(C(=O)N2C[C@H]3CCN(S(C)(=O)=O)[C@H]3C2)o1. The van der Waals surface area contributed by atoms with Crippen molar-refractivity contribution in [2.24, 2.45) is 5.92 Å². The highest BCUT2D eigenvalue weighted by molar-refractivity contribution is 7.88. The smallest absolute Gasteiger partial charge is 0.289 e. The van der Waals surface area contributed by atoms with Crippen LogP contribution in [-0.4, -0.2) is 55.5 Å². The van der Waals surface area contributed by atoms with Gasteiger partial charge in [-0.1, -0.05) is 0 Å². The Kier molecular flexibility index (Phi) is 3.13. The van der Waals surface area contributed by atoms with Gasteiger partial charge in [0.1, 0.15) is 5.76 Å². The zero-order valence-corrected chi connectivity index (χ0v) is 12.4. The standard InChI is InChI=1S/C13H18N2O4S/c1-9-3-4-12(19-9)13(16)14-7-10-5-6-15(11(10)8-14)20(2,17)18/h3-4,10-11H,5-8H2,1-2H3/t10-,11+/m1/s1. The Bertz CT molecular complexity index is 637. The predicted molar refractivity (Wildman–Crippen MR) is 72.8 cm³/mol. The van der Waals surface area contributed by atoms with Gasteiger partial charge in [0.05, 0.1) is 6.26 Å². The molecule has 2 aliphatic rings. The predicted octanol–water partition coefficient (Wildman–Crippen LogP) is 0.694. The van der Waals surface area contributed by atoms with Gasteiger partial charge in [-0.25, -0.2) is 8.42 Å². The molecule has 1 amide bonds. The Morgan fingerprint density at radius 3 is 2.70 bits per heavy atom. The molecule has 0 N–H and O–H groups in total. The van der Waals surface area contributed by atoms with E-state index in [1.54, 1.807) is 24.0 Å². The molecule has 0 aromatic carbocycles. The summed E-state index contributed by atoms with van der Waals surface area (Å²) in [5, 5.41) is 0. The molecule has 1 aromatic rings. The molecule has 0 aliphatic carbocycles. The van der Waals surface area contributed by atoms with Crippen molar-refractivity contribution in [3.63, 3.8) is 0 Å². The highest BCUT2D eigenvalue weighted by atomic mass is 32.2. The van der Waals surface area contributed by atoms with Gasteiger partial charge in [-0.15, -0.1) is 0 Å². The lowest BCUT2D eigenvalue weighted by molar-refractivity contribution is 0.0745. The van der Waals surface area contributed by atoms with Gasteiger partial charge in [0, 0.05) is 25.7 Å². The van der Waals surface area contributed by atoms with Crippen molar-refractivity contribution in [3.8, 4) is 0 Å². The molecule has 0 spiro atoms. The molecule has 2 saturated heterocycles. The van der Waals surface area contributed by atoms with Gasteiger partial charge in [0.2, 0.25) is 10.0 Å². The van der Waals surface area contributed by atoms with E-state index in [1.807, 2.05) is 0 Å². The molecule has 2 aliphatic heterocycles. The van der Waals surface area contributed by atoms with Crippen molar-refractivity contribution in [2.75, 3.05) is 25.9 Å². The lowest BCUT2D eigenvalue weighted by atomic mass is 10.1. The van der Waals surface area contributed by atoms with Crippen LogP contribution < -0.4 is 0 Å². The van der Waals surface area contributed by atoms with Crippen LogP contribution in [0.2, 0.25) is 0 Å². The number of amides is 1. The van der Waals surface area contributed by atoms with Gasteiger partial charge in [-0.2, -0.15) is 4.31 Å². The fraction of sp³-hybridized carbons (Fsp3) is 0.615. The second kappa shape index (κ2) is 4.60. The molecule has 1 aromatic heterocycles. The van der Waals surface area contributed by atoms with E-state index in [0.29, 0.717) is 31.2 Å². The highest BCUT2D eigenvalue weighted by Gasteiger charge is 2.46. The minimum absolute atomic E-state index is 0.0787. The van der Waals surface area contributed by atoms with Crippen LogP contribution in [0.4, 0.5) is 0 Å². The van der Waals surface area contributed by atoms with Crippen LogP contribution in [0.1, 0.15) is 22.7 Å². The van der Waals surface area contributed by atoms with Crippen LogP contribution in [0.3, 0.4) is 0 Å². The summed E-state index contributed by atoms with van der Waals surface area (Å²) in [4.78, 5) is 14.0. The molecular formula is C13H18N2O4S. The van der Waals surface area contributed by atoms with E-state index in [2.05, 4.69) is 0 Å². The summed E-state index contributed by atoms with van der Waals surface area (Å²) in [6.45, 7) is 3.42. The molecule has 0 saturated carbocycles. The van der Waals surface area contributed by atoms with E-state index in [9.17, 15) is 13.2 Å². The molecule has 0 radical (unpaired) electrons. The summed E-state index contributed by atoms with van der Waals surface area (Å²) in [5.41, 5.74) is 0. The Morgan fingerprint density at radius 2 is 2.10 bits per heavy atom. The maximum Gasteiger partial charge on any atom is 0.289 e. The van der Waals surface area contributed by atoms with Gasteiger partial charge in [0.15, 0.2) is 5.76 Å². The summed E-state index contributed by atoms with van der Waals surface area (Å²) in [6, 6.07) is 3.34. The van der Waals surface area contributed by atoms with Crippen LogP contribution in [0.15, 0.2) is 16.5 Å². The molecule has 3 heterocycles. The number of carbonyl (C=O) groups is 1. The average molecular weight is 298 g/mol. The Morgan fingerprint density at radius 1 is 1.35 bits per heavy atom. The van der Waals surface area contributed by atoms with Crippen LogP contribution in [-0.2, 0) is 10.0 Å². The monoisotopic (exact) mass is 298 g/mol. The number of hydrogen-bond acceptors (Lipinski definition) is 4. The van der Waals surface area contributed by atoms with Crippen LogP contribution in [0.5, 0.6) is 0 Å². The van der Waals surface area contributed by atoms with Gasteiger partial charge < -0.3 is 9.32 Å². The third kappa shape index (κ3) is 2.25. The first kappa shape index (κ1) is 13.6. The summed E-state index contributed by atoms with van der Waals surface area (Å²) in [5.74, 6) is 1.12. The summed E-state index contributed by atoms with van der Waals surface area (Å²) in [6.07, 6.45) is 2.05. The van der Waals surface area contributed by atoms with Gasteiger partial charge >= 0.3 is 0 Å². The lowest BCUT2D eigenvalue weighted by Gasteiger charge is -2.22. The van der Waals surface area contributed by atoms with Crippen molar-refractivity contribution in [3.05, 3.63) is 23.7 Å². The van der Waals surface area contributed by atoms with E-state index in [-0.39, 0.29) is 17.9 Å². The first-order valence-electron chi connectivity index (χ1n) is 6.69. The maximum absolute atomic E-state index is 12.3. The molecule has 2 atom stereocenters. The first-order chi connectivity index (χ1) is 9.36. The number of likely N-dealkylation sites (tertiary alicyclic amines) is 1. The third-order valence-corrected chi connectivity index (χ3v) is 5.47. The topological polar surface area (TPSA) is 70.8 Å². The third-order valence-electron chi connectivity index (χ3n) is 4.16. The number of sulfonamides is 1. The van der Waals surface area contributed by atoms with E-state index in [0.717, 1.165) is 6.42 Å². The molecule has 2 fully saturated rings. The van der Waals surface area contributed by atoms with E-state index in [4.69, 9.17) is 4.42 Å².